The third-order valence-electron chi connectivity index (χ3n) is 3.01. The Hall–Kier alpha value is -0.960. The molecule has 0 bridgehead atoms. The van der Waals surface area contributed by atoms with Gasteiger partial charge in [0, 0.05) is 25.4 Å². The molecule has 0 aliphatic heterocycles. The highest BCUT2D eigenvalue weighted by atomic mass is 32.3. The van der Waals surface area contributed by atoms with Gasteiger partial charge in [0.05, 0.1) is 0 Å². The molecular weight excluding hydrogens is 320 g/mol. The van der Waals surface area contributed by atoms with Gasteiger partial charge in [-0.15, -0.1) is 0 Å². The Kier molecular flexibility index (Phi) is 9.01. The lowest BCUT2D eigenvalue weighted by atomic mass is 10.4. The second-order valence-electron chi connectivity index (χ2n) is 4.38. The molecule has 0 spiro atoms. The van der Waals surface area contributed by atoms with Crippen molar-refractivity contribution in [3.63, 3.8) is 0 Å². The SMILES string of the molecule is CC(=O)OC(C)=O.CCC(C)(S(=O)(=O)CC)S(=O)(=O)CC. The van der Waals surface area contributed by atoms with Gasteiger partial charge in [-0.1, -0.05) is 20.8 Å². The summed E-state index contributed by atoms with van der Waals surface area (Å²) in [6, 6.07) is 0. The van der Waals surface area contributed by atoms with Gasteiger partial charge in [0.1, 0.15) is 0 Å². The second-order valence-corrected chi connectivity index (χ2v) is 10.1. The normalized spacial score (nSPS) is 12.1. The molecule has 0 amide bonds. The molecule has 126 valence electrons. The summed E-state index contributed by atoms with van der Waals surface area (Å²) in [5, 5.41) is 0. The van der Waals surface area contributed by atoms with Gasteiger partial charge in [-0.2, -0.15) is 0 Å². The van der Waals surface area contributed by atoms with Crippen LogP contribution in [0.5, 0.6) is 0 Å². The largest absolute Gasteiger partial charge is 0.394 e. The Morgan fingerprint density at radius 2 is 1.14 bits per heavy atom. The van der Waals surface area contributed by atoms with Crippen molar-refractivity contribution in [1.82, 2.24) is 0 Å². The fourth-order valence-electron chi connectivity index (χ4n) is 1.45. The van der Waals surface area contributed by atoms with Crippen molar-refractivity contribution in [3.8, 4) is 0 Å². The van der Waals surface area contributed by atoms with Crippen LogP contribution in [0.15, 0.2) is 0 Å². The van der Waals surface area contributed by atoms with E-state index in [0.717, 1.165) is 0 Å². The minimum Gasteiger partial charge on any atom is -0.394 e. The first-order valence-electron chi connectivity index (χ1n) is 6.44. The van der Waals surface area contributed by atoms with Gasteiger partial charge in [0.2, 0.25) is 0 Å². The molecule has 0 atom stereocenters. The molecule has 0 saturated carbocycles. The van der Waals surface area contributed by atoms with E-state index < -0.39 is 35.7 Å². The topological polar surface area (TPSA) is 112 Å². The van der Waals surface area contributed by atoms with Gasteiger partial charge in [-0.25, -0.2) is 16.8 Å². The summed E-state index contributed by atoms with van der Waals surface area (Å²) in [6.45, 7) is 8.18. The Morgan fingerprint density at radius 1 is 0.857 bits per heavy atom. The highest BCUT2D eigenvalue weighted by Gasteiger charge is 2.47. The van der Waals surface area contributed by atoms with Crippen molar-refractivity contribution >= 4 is 31.6 Å². The van der Waals surface area contributed by atoms with Crippen molar-refractivity contribution in [2.75, 3.05) is 11.5 Å². The summed E-state index contributed by atoms with van der Waals surface area (Å²) in [4.78, 5) is 19.6. The number of hydrogen-bond acceptors (Lipinski definition) is 7. The van der Waals surface area contributed by atoms with Crippen LogP contribution in [-0.2, 0) is 34.0 Å². The average Bonchev–Trinajstić information content (AvgIpc) is 2.36. The molecule has 0 N–H and O–H groups in total. The van der Waals surface area contributed by atoms with E-state index in [4.69, 9.17) is 0 Å². The molecule has 0 fully saturated rings. The molecule has 0 radical (unpaired) electrons. The zero-order chi connectivity index (χ0) is 17.5. The van der Waals surface area contributed by atoms with Crippen LogP contribution < -0.4 is 0 Å². The molecule has 0 aromatic rings. The molecule has 7 nitrogen and oxygen atoms in total. The molecule has 0 saturated heterocycles. The molecule has 0 aliphatic carbocycles. The molecular formula is C12H24O7S2. The maximum absolute atomic E-state index is 11.7. The van der Waals surface area contributed by atoms with E-state index in [1.54, 1.807) is 6.92 Å². The highest BCUT2D eigenvalue weighted by Crippen LogP contribution is 2.29. The van der Waals surface area contributed by atoms with E-state index in [-0.39, 0.29) is 17.9 Å². The summed E-state index contributed by atoms with van der Waals surface area (Å²) in [5.74, 6) is -1.41. The third kappa shape index (κ3) is 6.13. The lowest BCUT2D eigenvalue weighted by molar-refractivity contribution is -0.156. The molecule has 0 aromatic carbocycles. The summed E-state index contributed by atoms with van der Waals surface area (Å²) in [5.41, 5.74) is 0. The van der Waals surface area contributed by atoms with Gasteiger partial charge in [-0.05, 0) is 13.3 Å². The molecule has 0 unspecified atom stereocenters. The number of hydrogen-bond donors (Lipinski definition) is 0. The van der Waals surface area contributed by atoms with Gasteiger partial charge < -0.3 is 4.74 Å². The Balaban J connectivity index is 0. The maximum atomic E-state index is 11.7. The molecule has 9 heteroatoms. The summed E-state index contributed by atoms with van der Waals surface area (Å²) in [6.07, 6.45) is 0.0966. The molecule has 21 heavy (non-hydrogen) atoms. The average molecular weight is 344 g/mol. The molecule has 0 heterocycles. The first-order valence-corrected chi connectivity index (χ1v) is 9.75. The number of carbonyl (C=O) groups is 2. The lowest BCUT2D eigenvalue weighted by Crippen LogP contribution is -2.44. The summed E-state index contributed by atoms with van der Waals surface area (Å²) >= 11 is 0. The number of sulfone groups is 2. The van der Waals surface area contributed by atoms with Crippen molar-refractivity contribution in [2.45, 2.75) is 52.0 Å². The van der Waals surface area contributed by atoms with Crippen LogP contribution in [0.25, 0.3) is 0 Å². The van der Waals surface area contributed by atoms with Crippen LogP contribution in [0.1, 0.15) is 48.0 Å². The monoisotopic (exact) mass is 344 g/mol. The summed E-state index contributed by atoms with van der Waals surface area (Å²) < 4.78 is 49.1. The van der Waals surface area contributed by atoms with E-state index in [0.29, 0.717) is 0 Å². The van der Waals surface area contributed by atoms with Crippen molar-refractivity contribution in [1.29, 1.82) is 0 Å². The van der Waals surface area contributed by atoms with Gasteiger partial charge in [0.15, 0.2) is 23.8 Å². The van der Waals surface area contributed by atoms with Crippen molar-refractivity contribution in [2.24, 2.45) is 0 Å². The minimum absolute atomic E-state index is 0.0966. The predicted octanol–water partition coefficient (Wildman–Crippen LogP) is 1.08. The van der Waals surface area contributed by atoms with E-state index >= 15 is 0 Å². The fraction of sp³-hybridized carbons (Fsp3) is 0.833. The van der Waals surface area contributed by atoms with Gasteiger partial charge in [0.25, 0.3) is 0 Å². The minimum atomic E-state index is -3.57. The van der Waals surface area contributed by atoms with E-state index in [2.05, 4.69) is 4.74 Å². The summed E-state index contributed by atoms with van der Waals surface area (Å²) in [7, 11) is -7.14. The Bertz CT molecular complexity index is 512. The van der Waals surface area contributed by atoms with Gasteiger partial charge in [-0.3, -0.25) is 9.59 Å². The fourth-order valence-corrected chi connectivity index (χ4v) is 5.80. The van der Waals surface area contributed by atoms with Crippen molar-refractivity contribution < 1.29 is 31.2 Å². The zero-order valence-corrected chi connectivity index (χ0v) is 14.9. The standard InChI is InChI=1S/C8H18O4S2.C4H6O3/c1-5-8(4,13(9,10)6-2)14(11,12)7-3;1-3(5)7-4(2)6/h5-7H2,1-4H3;1-2H3. The third-order valence-corrected chi connectivity index (χ3v) is 9.26. The maximum Gasteiger partial charge on any atom is 0.310 e. The Labute approximate surface area is 126 Å². The quantitative estimate of drug-likeness (QED) is 0.542. The van der Waals surface area contributed by atoms with Crippen LogP contribution in [0.2, 0.25) is 0 Å². The van der Waals surface area contributed by atoms with E-state index in [1.165, 1.54) is 34.6 Å². The highest BCUT2D eigenvalue weighted by molar-refractivity contribution is 8.10. The number of rotatable bonds is 5. The molecule has 0 aliphatic rings. The van der Waals surface area contributed by atoms with Crippen LogP contribution >= 0.6 is 0 Å². The number of esters is 2. The van der Waals surface area contributed by atoms with E-state index in [9.17, 15) is 26.4 Å². The number of ether oxygens (including phenoxy) is 1. The van der Waals surface area contributed by atoms with Crippen LogP contribution in [0.3, 0.4) is 0 Å². The van der Waals surface area contributed by atoms with Crippen LogP contribution in [-0.4, -0.2) is 44.4 Å². The predicted molar refractivity (Wildman–Crippen MR) is 80.1 cm³/mol. The first-order chi connectivity index (χ1) is 9.31. The second kappa shape index (κ2) is 8.47. The molecule has 0 aromatic heterocycles. The first kappa shape index (κ1) is 22.3. The van der Waals surface area contributed by atoms with Gasteiger partial charge >= 0.3 is 11.9 Å². The molecule has 0 rings (SSSR count). The Morgan fingerprint density at radius 3 is 1.24 bits per heavy atom. The number of carbonyl (C=O) groups excluding carboxylic acids is 2. The van der Waals surface area contributed by atoms with E-state index in [1.807, 2.05) is 0 Å². The lowest BCUT2D eigenvalue weighted by Gasteiger charge is -2.26. The van der Waals surface area contributed by atoms with Crippen LogP contribution in [0, 0.1) is 0 Å². The van der Waals surface area contributed by atoms with Crippen molar-refractivity contribution in [3.05, 3.63) is 0 Å². The smallest absolute Gasteiger partial charge is 0.310 e. The van der Waals surface area contributed by atoms with Crippen LogP contribution in [0.4, 0.5) is 0 Å². The zero-order valence-electron chi connectivity index (χ0n) is 13.3.